The minimum absolute atomic E-state index is 0.433. The zero-order chi connectivity index (χ0) is 18.3. The summed E-state index contributed by atoms with van der Waals surface area (Å²) >= 11 is 0. The maximum absolute atomic E-state index is 12.3. The second kappa shape index (κ2) is 6.83. The zero-order valence-corrected chi connectivity index (χ0v) is 13.9. The molecule has 5 atom stereocenters. The molecule has 0 aromatic heterocycles. The number of fused-ring (bicyclic) bond motifs is 3. The van der Waals surface area contributed by atoms with Crippen molar-refractivity contribution in [3.05, 3.63) is 54.6 Å². The maximum Gasteiger partial charge on any atom is 0.138 e. The average molecular weight is 355 g/mol. The predicted octanol–water partition coefficient (Wildman–Crippen LogP) is 0.540. The summed E-state index contributed by atoms with van der Waals surface area (Å²) in [5.41, 5.74) is 0. The molecule has 26 heavy (non-hydrogen) atoms. The van der Waals surface area contributed by atoms with Gasteiger partial charge in [0.1, 0.15) is 30.2 Å². The van der Waals surface area contributed by atoms with E-state index in [1.807, 2.05) is 54.6 Å². The molecule has 1 fully saturated rings. The third-order valence-corrected chi connectivity index (χ3v) is 4.82. The van der Waals surface area contributed by atoms with Crippen LogP contribution >= 0.6 is 0 Å². The van der Waals surface area contributed by atoms with Gasteiger partial charge in [-0.15, -0.1) is 0 Å². The van der Waals surface area contributed by atoms with Crippen LogP contribution < -0.4 is 9.84 Å². The van der Waals surface area contributed by atoms with Gasteiger partial charge in [-0.25, -0.2) is 0 Å². The topological polar surface area (TPSA) is 102 Å². The van der Waals surface area contributed by atoms with Crippen LogP contribution in [-0.4, -0.2) is 52.6 Å². The van der Waals surface area contributed by atoms with Crippen molar-refractivity contribution in [1.82, 2.24) is 0 Å². The largest absolute Gasteiger partial charge is 0.828 e. The maximum atomic E-state index is 12.3. The van der Waals surface area contributed by atoms with Gasteiger partial charge >= 0.3 is 0 Å². The van der Waals surface area contributed by atoms with E-state index in [1.165, 1.54) is 0 Å². The molecule has 0 radical (unpaired) electrons. The lowest BCUT2D eigenvalue weighted by Crippen LogP contribution is -2.64. The first-order valence-electron chi connectivity index (χ1n) is 8.45. The molecule has 6 nitrogen and oxygen atoms in total. The highest BCUT2D eigenvalue weighted by molar-refractivity contribution is 6.10. The molecule has 1 heterocycles. The SMILES string of the molecule is [O-][C@@H]1O[C@H](CO)[C@@H](O)[C@H](O)[C@H]1Oc1cc2ccccc2c2ccccc12. The third-order valence-electron chi connectivity index (χ3n) is 4.82. The van der Waals surface area contributed by atoms with Crippen molar-refractivity contribution < 1.29 is 29.9 Å². The lowest BCUT2D eigenvalue weighted by Gasteiger charge is -2.45. The minimum atomic E-state index is -1.73. The predicted molar refractivity (Wildman–Crippen MR) is 93.6 cm³/mol. The van der Waals surface area contributed by atoms with Crippen LogP contribution in [0.15, 0.2) is 54.6 Å². The van der Waals surface area contributed by atoms with E-state index in [0.29, 0.717) is 5.75 Å². The monoisotopic (exact) mass is 355 g/mol. The van der Waals surface area contributed by atoms with E-state index >= 15 is 0 Å². The molecule has 1 aliphatic rings. The number of aliphatic hydroxyl groups excluding tert-OH is 3. The van der Waals surface area contributed by atoms with E-state index in [0.717, 1.165) is 21.5 Å². The van der Waals surface area contributed by atoms with Gasteiger partial charge in [-0.1, -0.05) is 48.5 Å². The highest BCUT2D eigenvalue weighted by Crippen LogP contribution is 2.35. The van der Waals surface area contributed by atoms with Gasteiger partial charge in [-0.3, -0.25) is 0 Å². The van der Waals surface area contributed by atoms with Crippen LogP contribution in [0.4, 0.5) is 0 Å². The summed E-state index contributed by atoms with van der Waals surface area (Å²) in [5.74, 6) is 0.433. The summed E-state index contributed by atoms with van der Waals surface area (Å²) in [5, 5.41) is 45.5. The van der Waals surface area contributed by atoms with Crippen molar-refractivity contribution >= 4 is 21.5 Å². The highest BCUT2D eigenvalue weighted by atomic mass is 16.7. The summed E-state index contributed by atoms with van der Waals surface area (Å²) in [6.07, 6.45) is -7.01. The van der Waals surface area contributed by atoms with Crippen molar-refractivity contribution in [2.75, 3.05) is 6.61 Å². The summed E-state index contributed by atoms with van der Waals surface area (Å²) in [6.45, 7) is -0.553. The molecule has 0 amide bonds. The molecule has 0 aliphatic carbocycles. The Morgan fingerprint density at radius 1 is 0.923 bits per heavy atom. The molecular weight excluding hydrogens is 336 g/mol. The fourth-order valence-electron chi connectivity index (χ4n) is 3.45. The van der Waals surface area contributed by atoms with Crippen molar-refractivity contribution in [2.45, 2.75) is 30.7 Å². The average Bonchev–Trinajstić information content (AvgIpc) is 2.68. The first-order valence-corrected chi connectivity index (χ1v) is 8.45. The van der Waals surface area contributed by atoms with Crippen molar-refractivity contribution in [3.63, 3.8) is 0 Å². The molecular formula is C20H19O6-. The highest BCUT2D eigenvalue weighted by Gasteiger charge is 2.41. The standard InChI is InChI=1S/C20H19O6/c21-10-16-17(22)18(23)19(20(24)26-16)25-15-9-11-5-1-2-6-12(11)13-7-3-4-8-14(13)15/h1-9,16-23H,10H2/q-1/t16-,17-,18+,19-,20-/m1/s1. The molecule has 6 heteroatoms. The quantitative estimate of drug-likeness (QED) is 0.593. The fourth-order valence-corrected chi connectivity index (χ4v) is 3.45. The summed E-state index contributed by atoms with van der Waals surface area (Å²) in [7, 11) is 0. The van der Waals surface area contributed by atoms with Gasteiger partial charge in [-0.05, 0) is 22.2 Å². The van der Waals surface area contributed by atoms with Crippen LogP contribution in [-0.2, 0) is 4.74 Å². The second-order valence-electron chi connectivity index (χ2n) is 6.43. The molecule has 0 spiro atoms. The molecule has 0 unspecified atom stereocenters. The summed E-state index contributed by atoms with van der Waals surface area (Å²) in [4.78, 5) is 0. The molecule has 136 valence electrons. The molecule has 3 aromatic rings. The van der Waals surface area contributed by atoms with Crippen LogP contribution in [0.3, 0.4) is 0 Å². The molecule has 1 aliphatic heterocycles. The van der Waals surface area contributed by atoms with E-state index < -0.39 is 37.3 Å². The first kappa shape index (κ1) is 17.2. The van der Waals surface area contributed by atoms with Gasteiger partial charge in [-0.2, -0.15) is 0 Å². The van der Waals surface area contributed by atoms with E-state index in [1.54, 1.807) is 0 Å². The van der Waals surface area contributed by atoms with E-state index in [2.05, 4.69) is 0 Å². The Labute approximate surface area is 149 Å². The molecule has 4 rings (SSSR count). The third kappa shape index (κ3) is 2.82. The number of hydrogen-bond acceptors (Lipinski definition) is 6. The van der Waals surface area contributed by atoms with Gasteiger partial charge < -0.3 is 29.9 Å². The van der Waals surface area contributed by atoms with E-state index in [-0.39, 0.29) is 0 Å². The molecule has 1 saturated heterocycles. The Bertz CT molecular complexity index is 926. The number of benzene rings is 3. The number of hydrogen-bond donors (Lipinski definition) is 3. The summed E-state index contributed by atoms with van der Waals surface area (Å²) in [6, 6.07) is 17.2. The fraction of sp³-hybridized carbons (Fsp3) is 0.300. The molecule has 3 N–H and O–H groups in total. The molecule has 0 bridgehead atoms. The Morgan fingerprint density at radius 2 is 1.58 bits per heavy atom. The second-order valence-corrected chi connectivity index (χ2v) is 6.43. The van der Waals surface area contributed by atoms with Crippen LogP contribution in [0, 0.1) is 0 Å². The number of aliphatic hydroxyl groups is 3. The number of rotatable bonds is 3. The van der Waals surface area contributed by atoms with Gasteiger partial charge in [0, 0.05) is 11.7 Å². The van der Waals surface area contributed by atoms with Crippen molar-refractivity contribution in [3.8, 4) is 5.75 Å². The van der Waals surface area contributed by atoms with Crippen LogP contribution in [0.25, 0.3) is 21.5 Å². The molecule has 0 saturated carbocycles. The van der Waals surface area contributed by atoms with E-state index in [4.69, 9.17) is 14.6 Å². The van der Waals surface area contributed by atoms with E-state index in [9.17, 15) is 15.3 Å². The van der Waals surface area contributed by atoms with Crippen LogP contribution in [0.5, 0.6) is 5.75 Å². The van der Waals surface area contributed by atoms with Gasteiger partial charge in [0.15, 0.2) is 0 Å². The van der Waals surface area contributed by atoms with Crippen molar-refractivity contribution in [1.29, 1.82) is 0 Å². The van der Waals surface area contributed by atoms with Crippen molar-refractivity contribution in [2.24, 2.45) is 0 Å². The van der Waals surface area contributed by atoms with Gasteiger partial charge in [0.25, 0.3) is 0 Å². The smallest absolute Gasteiger partial charge is 0.138 e. The Kier molecular flexibility index (Phi) is 4.52. The van der Waals surface area contributed by atoms with Gasteiger partial charge in [0.2, 0.25) is 0 Å². The molecule has 3 aromatic carbocycles. The van der Waals surface area contributed by atoms with Gasteiger partial charge in [0.05, 0.1) is 6.61 Å². The van der Waals surface area contributed by atoms with Crippen LogP contribution in [0.1, 0.15) is 0 Å². The normalized spacial score (nSPS) is 29.2. The Hall–Kier alpha value is -2.22. The summed E-state index contributed by atoms with van der Waals surface area (Å²) < 4.78 is 10.9. The lowest BCUT2D eigenvalue weighted by atomic mass is 9.98. The Balaban J connectivity index is 1.77. The minimum Gasteiger partial charge on any atom is -0.828 e. The Morgan fingerprint density at radius 3 is 2.31 bits per heavy atom. The lowest BCUT2D eigenvalue weighted by molar-refractivity contribution is -0.530. The number of ether oxygens (including phenoxy) is 2. The van der Waals surface area contributed by atoms with Crippen LogP contribution in [0.2, 0.25) is 0 Å². The zero-order valence-electron chi connectivity index (χ0n) is 13.9. The first-order chi connectivity index (χ1) is 12.6.